The molecule has 1 fully saturated rings. The summed E-state index contributed by atoms with van der Waals surface area (Å²) in [6, 6.07) is 5.84. The van der Waals surface area contributed by atoms with Crippen LogP contribution in [0.4, 0.5) is 9.39 Å². The van der Waals surface area contributed by atoms with Crippen molar-refractivity contribution in [3.63, 3.8) is 0 Å². The average Bonchev–Trinajstić information content (AvgIpc) is 3.25. The van der Waals surface area contributed by atoms with E-state index in [0.717, 1.165) is 53.0 Å². The predicted molar refractivity (Wildman–Crippen MR) is 114 cm³/mol. The quantitative estimate of drug-likeness (QED) is 0.528. The summed E-state index contributed by atoms with van der Waals surface area (Å²) in [7, 11) is 1.86. The van der Waals surface area contributed by atoms with Crippen molar-refractivity contribution in [1.82, 2.24) is 19.5 Å². The highest BCUT2D eigenvalue weighted by Gasteiger charge is 2.24. The maximum atomic E-state index is 15.7. The molecule has 28 heavy (non-hydrogen) atoms. The third-order valence-corrected chi connectivity index (χ3v) is 6.41. The lowest BCUT2D eigenvalue weighted by atomic mass is 9.98. The second-order valence-electron chi connectivity index (χ2n) is 7.22. The van der Waals surface area contributed by atoms with Crippen LogP contribution >= 0.6 is 23.1 Å². The Balaban J connectivity index is 1.74. The van der Waals surface area contributed by atoms with Crippen LogP contribution in [0.2, 0.25) is 5.02 Å². The smallest absolute Gasteiger partial charge is 0.159 e. The molecular weight excluding hydrogens is 397 g/mol. The predicted octanol–water partition coefficient (Wildman–Crippen LogP) is 4.36. The summed E-state index contributed by atoms with van der Waals surface area (Å²) in [5.74, 6) is -0.377. The number of benzene rings is 2. The Morgan fingerprint density at radius 2 is 1.96 bits per heavy atom. The summed E-state index contributed by atoms with van der Waals surface area (Å²) < 4.78 is 21.8. The summed E-state index contributed by atoms with van der Waals surface area (Å²) in [6.45, 7) is 5.57. The van der Waals surface area contributed by atoms with Gasteiger partial charge in [-0.3, -0.25) is 4.68 Å². The van der Waals surface area contributed by atoms with Crippen LogP contribution < -0.4 is 10.2 Å². The SMILES string of the molecule is Cc1cc(-c2c(Cl)cc3c(N4CCNCC4)snc3c2F)c2nn(C)cc2c1. The third-order valence-electron chi connectivity index (χ3n) is 5.19. The van der Waals surface area contributed by atoms with E-state index in [0.29, 0.717) is 21.7 Å². The Bertz CT molecular complexity index is 1210. The van der Waals surface area contributed by atoms with Crippen molar-refractivity contribution in [3.05, 3.63) is 40.8 Å². The van der Waals surface area contributed by atoms with Gasteiger partial charge in [-0.15, -0.1) is 0 Å². The van der Waals surface area contributed by atoms with E-state index in [4.69, 9.17) is 11.6 Å². The fraction of sp³-hybridized carbons (Fsp3) is 0.300. The Morgan fingerprint density at radius 1 is 1.18 bits per heavy atom. The lowest BCUT2D eigenvalue weighted by Crippen LogP contribution is -2.43. The zero-order valence-electron chi connectivity index (χ0n) is 15.6. The van der Waals surface area contributed by atoms with Crippen molar-refractivity contribution >= 4 is 49.9 Å². The van der Waals surface area contributed by atoms with Gasteiger partial charge in [0.2, 0.25) is 0 Å². The first-order valence-corrected chi connectivity index (χ1v) is 10.4. The largest absolute Gasteiger partial charge is 0.359 e. The third kappa shape index (κ3) is 2.77. The van der Waals surface area contributed by atoms with Gasteiger partial charge in [-0.25, -0.2) is 4.39 Å². The van der Waals surface area contributed by atoms with Crippen molar-refractivity contribution in [2.45, 2.75) is 6.92 Å². The molecule has 0 spiro atoms. The maximum Gasteiger partial charge on any atom is 0.159 e. The van der Waals surface area contributed by atoms with Crippen molar-refractivity contribution in [2.24, 2.45) is 7.05 Å². The maximum absolute atomic E-state index is 15.7. The highest BCUT2D eigenvalue weighted by molar-refractivity contribution is 7.11. The molecule has 0 amide bonds. The summed E-state index contributed by atoms with van der Waals surface area (Å²) in [6.07, 6.45) is 1.93. The molecule has 0 radical (unpaired) electrons. The number of nitrogens with one attached hydrogen (secondary N) is 1. The number of piperazine rings is 1. The van der Waals surface area contributed by atoms with Crippen LogP contribution in [0.3, 0.4) is 0 Å². The molecule has 2 aromatic heterocycles. The molecule has 8 heteroatoms. The van der Waals surface area contributed by atoms with E-state index in [1.807, 2.05) is 38.4 Å². The minimum absolute atomic E-state index is 0.374. The van der Waals surface area contributed by atoms with Gasteiger partial charge in [-0.1, -0.05) is 11.6 Å². The standard InChI is InChI=1S/C20H19ClFN5S/c1-11-7-12-10-26(2)24-18(12)13(8-11)16-15(21)9-14-19(17(16)22)25-28-20(14)27-5-3-23-4-6-27/h7-10,23H,3-6H2,1-2H3. The van der Waals surface area contributed by atoms with E-state index < -0.39 is 0 Å². The van der Waals surface area contributed by atoms with E-state index >= 15 is 4.39 Å². The normalized spacial score (nSPS) is 15.1. The summed E-state index contributed by atoms with van der Waals surface area (Å²) in [4.78, 5) is 2.25. The zero-order valence-corrected chi connectivity index (χ0v) is 17.2. The number of hydrogen-bond acceptors (Lipinski definition) is 5. The molecule has 2 aromatic carbocycles. The van der Waals surface area contributed by atoms with Crippen LogP contribution in [0.5, 0.6) is 0 Å². The number of nitrogens with zero attached hydrogens (tertiary/aromatic N) is 4. The first-order chi connectivity index (χ1) is 13.5. The van der Waals surface area contributed by atoms with Gasteiger partial charge < -0.3 is 10.2 Å². The summed E-state index contributed by atoms with van der Waals surface area (Å²) in [5, 5.41) is 11.0. The monoisotopic (exact) mass is 415 g/mol. The molecule has 1 aliphatic heterocycles. The first-order valence-electron chi connectivity index (χ1n) is 9.20. The fourth-order valence-corrected chi connectivity index (χ4v) is 5.14. The van der Waals surface area contributed by atoms with Gasteiger partial charge in [0, 0.05) is 61.3 Å². The fourth-order valence-electron chi connectivity index (χ4n) is 3.94. The molecule has 1 N–H and O–H groups in total. The van der Waals surface area contributed by atoms with Crippen LogP contribution in [0, 0.1) is 12.7 Å². The van der Waals surface area contributed by atoms with Gasteiger partial charge >= 0.3 is 0 Å². The molecule has 1 aliphatic rings. The Labute approximate surface area is 170 Å². The molecule has 0 aliphatic carbocycles. The minimum atomic E-state index is -0.377. The van der Waals surface area contributed by atoms with Crippen molar-refractivity contribution in [1.29, 1.82) is 0 Å². The number of aryl methyl sites for hydroxylation is 2. The van der Waals surface area contributed by atoms with Crippen LogP contribution in [-0.4, -0.2) is 40.3 Å². The van der Waals surface area contributed by atoms with Crippen molar-refractivity contribution in [2.75, 3.05) is 31.1 Å². The second kappa shape index (κ2) is 6.69. The second-order valence-corrected chi connectivity index (χ2v) is 8.38. The number of halogens is 2. The number of rotatable bonds is 2. The Hall–Kier alpha value is -2.22. The average molecular weight is 416 g/mol. The summed E-state index contributed by atoms with van der Waals surface area (Å²) in [5.41, 5.74) is 3.23. The van der Waals surface area contributed by atoms with Gasteiger partial charge in [0.05, 0.1) is 5.02 Å². The molecule has 3 heterocycles. The van der Waals surface area contributed by atoms with Crippen molar-refractivity contribution < 1.29 is 4.39 Å². The molecule has 0 unspecified atom stereocenters. The van der Waals surface area contributed by atoms with E-state index in [1.54, 1.807) is 4.68 Å². The van der Waals surface area contributed by atoms with Crippen LogP contribution in [0.15, 0.2) is 24.4 Å². The topological polar surface area (TPSA) is 46.0 Å². The molecule has 0 bridgehead atoms. The molecule has 4 aromatic rings. The summed E-state index contributed by atoms with van der Waals surface area (Å²) >= 11 is 7.98. The Morgan fingerprint density at radius 3 is 2.75 bits per heavy atom. The first kappa shape index (κ1) is 17.8. The van der Waals surface area contributed by atoms with Crippen LogP contribution in [-0.2, 0) is 7.05 Å². The molecule has 5 rings (SSSR count). The molecule has 5 nitrogen and oxygen atoms in total. The van der Waals surface area contributed by atoms with Crippen LogP contribution in [0.1, 0.15) is 5.56 Å². The molecule has 1 saturated heterocycles. The molecule has 0 saturated carbocycles. The van der Waals surface area contributed by atoms with Gasteiger partial charge in [-0.2, -0.15) is 9.47 Å². The van der Waals surface area contributed by atoms with E-state index in [9.17, 15) is 0 Å². The van der Waals surface area contributed by atoms with Gasteiger partial charge in [0.15, 0.2) is 5.82 Å². The van der Waals surface area contributed by atoms with Crippen LogP contribution in [0.25, 0.3) is 32.9 Å². The lowest BCUT2D eigenvalue weighted by Gasteiger charge is -2.28. The molecule has 144 valence electrons. The van der Waals surface area contributed by atoms with E-state index in [2.05, 4.69) is 19.7 Å². The van der Waals surface area contributed by atoms with Gasteiger partial charge in [-0.05, 0) is 42.2 Å². The van der Waals surface area contributed by atoms with Crippen molar-refractivity contribution in [3.8, 4) is 11.1 Å². The highest BCUT2D eigenvalue weighted by atomic mass is 35.5. The minimum Gasteiger partial charge on any atom is -0.359 e. The van der Waals surface area contributed by atoms with E-state index in [-0.39, 0.29) is 5.82 Å². The number of hydrogen-bond donors (Lipinski definition) is 1. The van der Waals surface area contributed by atoms with Gasteiger partial charge in [0.1, 0.15) is 16.0 Å². The Kier molecular flexibility index (Phi) is 4.26. The molecular formula is C20H19ClFN5S. The molecule has 0 atom stereocenters. The zero-order chi connectivity index (χ0) is 19.4. The number of aromatic nitrogens is 3. The highest BCUT2D eigenvalue weighted by Crippen LogP contribution is 2.42. The number of fused-ring (bicyclic) bond motifs is 2. The number of anilines is 1. The van der Waals surface area contributed by atoms with Gasteiger partial charge in [0.25, 0.3) is 0 Å². The van der Waals surface area contributed by atoms with E-state index in [1.165, 1.54) is 11.5 Å². The lowest BCUT2D eigenvalue weighted by molar-refractivity contribution is 0.592.